The van der Waals surface area contributed by atoms with Gasteiger partial charge < -0.3 is 9.73 Å². The zero-order valence-corrected chi connectivity index (χ0v) is 12.8. The molecule has 0 atom stereocenters. The monoisotopic (exact) mass is 319 g/mol. The van der Waals surface area contributed by atoms with Crippen LogP contribution in [0.3, 0.4) is 0 Å². The van der Waals surface area contributed by atoms with Gasteiger partial charge in [-0.1, -0.05) is 18.2 Å². The Morgan fingerprint density at radius 1 is 1.21 bits per heavy atom. The van der Waals surface area contributed by atoms with Crippen LogP contribution in [0.4, 0.5) is 5.69 Å². The average molecular weight is 319 g/mol. The van der Waals surface area contributed by atoms with Crippen LogP contribution >= 0.6 is 0 Å². The molecule has 4 aromatic rings. The van der Waals surface area contributed by atoms with Gasteiger partial charge in [-0.2, -0.15) is 5.10 Å². The zero-order chi connectivity index (χ0) is 16.5. The number of carbonyl (C=O) groups excluding carboxylic acids is 1. The van der Waals surface area contributed by atoms with Crippen molar-refractivity contribution in [2.24, 2.45) is 0 Å². The van der Waals surface area contributed by atoms with Crippen LogP contribution in [0.15, 0.2) is 59.7 Å². The lowest BCUT2D eigenvalue weighted by atomic mass is 10.1. The first-order valence-corrected chi connectivity index (χ1v) is 7.33. The largest absolute Gasteiger partial charge is 0.451 e. The highest BCUT2D eigenvalue weighted by Gasteiger charge is 2.19. The Morgan fingerprint density at radius 3 is 2.88 bits per heavy atom. The molecule has 0 saturated carbocycles. The van der Waals surface area contributed by atoms with Gasteiger partial charge in [0.1, 0.15) is 18.2 Å². The molecular formula is C17H13N5O2. The molecule has 7 heteroatoms. The van der Waals surface area contributed by atoms with Gasteiger partial charge in [0.25, 0.3) is 5.91 Å². The summed E-state index contributed by atoms with van der Waals surface area (Å²) in [5, 5.41) is 7.80. The summed E-state index contributed by atoms with van der Waals surface area (Å²) in [6, 6.07) is 11.0. The van der Waals surface area contributed by atoms with Crippen LogP contribution in [0.1, 0.15) is 16.1 Å². The lowest BCUT2D eigenvalue weighted by Crippen LogP contribution is -2.15. The molecule has 1 amide bonds. The summed E-state index contributed by atoms with van der Waals surface area (Å²) in [4.78, 5) is 20.8. The van der Waals surface area contributed by atoms with Gasteiger partial charge in [-0.3, -0.25) is 4.79 Å². The van der Waals surface area contributed by atoms with Crippen LogP contribution in [-0.4, -0.2) is 25.7 Å². The first-order chi connectivity index (χ1) is 11.7. The Bertz CT molecular complexity index is 1020. The maximum Gasteiger partial charge on any atom is 0.291 e. The maximum absolute atomic E-state index is 12.6. The highest BCUT2D eigenvalue weighted by atomic mass is 16.3. The van der Waals surface area contributed by atoms with Crippen molar-refractivity contribution in [3.8, 4) is 5.82 Å². The van der Waals surface area contributed by atoms with Crippen LogP contribution in [0.25, 0.3) is 16.8 Å². The first-order valence-electron chi connectivity index (χ1n) is 7.33. The van der Waals surface area contributed by atoms with E-state index in [2.05, 4.69) is 20.4 Å². The minimum atomic E-state index is -0.335. The number of para-hydroxylation sites is 1. The molecule has 0 aliphatic heterocycles. The van der Waals surface area contributed by atoms with Gasteiger partial charge in [-0.25, -0.2) is 14.6 Å². The van der Waals surface area contributed by atoms with Crippen molar-refractivity contribution in [3.63, 3.8) is 0 Å². The van der Waals surface area contributed by atoms with Gasteiger partial charge in [-0.05, 0) is 25.1 Å². The number of carbonyl (C=O) groups is 1. The fourth-order valence-electron chi connectivity index (χ4n) is 2.56. The standard InChI is InChI=1S/C17H13N5O2/c1-11-12-5-2-3-7-14(12)24-15(11)17(23)21-13-6-4-8-19-16(13)22-10-18-9-20-22/h2-10H,1H3,(H,21,23). The van der Waals surface area contributed by atoms with E-state index < -0.39 is 0 Å². The highest BCUT2D eigenvalue weighted by Crippen LogP contribution is 2.26. The third-order valence-electron chi connectivity index (χ3n) is 3.72. The average Bonchev–Trinajstić information content (AvgIpc) is 3.24. The molecule has 0 unspecified atom stereocenters. The number of pyridine rings is 1. The van der Waals surface area contributed by atoms with E-state index in [0.717, 1.165) is 10.9 Å². The molecule has 3 heterocycles. The number of fused-ring (bicyclic) bond motifs is 1. The second kappa shape index (κ2) is 5.62. The molecular weight excluding hydrogens is 306 g/mol. The summed E-state index contributed by atoms with van der Waals surface area (Å²) in [7, 11) is 0. The molecule has 24 heavy (non-hydrogen) atoms. The van der Waals surface area contributed by atoms with E-state index in [9.17, 15) is 4.79 Å². The Morgan fingerprint density at radius 2 is 2.08 bits per heavy atom. The summed E-state index contributed by atoms with van der Waals surface area (Å²) < 4.78 is 7.18. The van der Waals surface area contributed by atoms with Gasteiger partial charge in [0.15, 0.2) is 11.6 Å². The Balaban J connectivity index is 1.71. The second-order valence-corrected chi connectivity index (χ2v) is 5.22. The molecule has 0 saturated heterocycles. The number of aromatic nitrogens is 4. The predicted octanol–water partition coefficient (Wildman–Crippen LogP) is 2.97. The van der Waals surface area contributed by atoms with E-state index in [1.807, 2.05) is 31.2 Å². The molecule has 0 spiro atoms. The Labute approximate surface area is 137 Å². The molecule has 0 aliphatic carbocycles. The van der Waals surface area contributed by atoms with E-state index in [1.165, 1.54) is 17.3 Å². The quantitative estimate of drug-likeness (QED) is 0.627. The number of hydrogen-bond donors (Lipinski definition) is 1. The number of nitrogens with zero attached hydrogens (tertiary/aromatic N) is 4. The minimum absolute atomic E-state index is 0.282. The van der Waals surface area contributed by atoms with Crippen LogP contribution in [0.5, 0.6) is 0 Å². The summed E-state index contributed by atoms with van der Waals surface area (Å²) >= 11 is 0. The van der Waals surface area contributed by atoms with Crippen molar-refractivity contribution in [2.45, 2.75) is 6.92 Å². The molecule has 1 N–H and O–H groups in total. The number of nitrogens with one attached hydrogen (secondary N) is 1. The molecule has 7 nitrogen and oxygen atoms in total. The fourth-order valence-corrected chi connectivity index (χ4v) is 2.56. The highest BCUT2D eigenvalue weighted by molar-refractivity contribution is 6.07. The molecule has 0 radical (unpaired) electrons. The summed E-state index contributed by atoms with van der Waals surface area (Å²) in [6.07, 6.45) is 4.55. The number of anilines is 1. The van der Waals surface area contributed by atoms with Gasteiger partial charge in [0, 0.05) is 17.1 Å². The van der Waals surface area contributed by atoms with E-state index in [0.29, 0.717) is 17.1 Å². The first kappa shape index (κ1) is 14.1. The van der Waals surface area contributed by atoms with Gasteiger partial charge in [0.2, 0.25) is 0 Å². The summed E-state index contributed by atoms with van der Waals surface area (Å²) in [6.45, 7) is 1.86. The second-order valence-electron chi connectivity index (χ2n) is 5.22. The molecule has 118 valence electrons. The van der Waals surface area contributed by atoms with Crippen molar-refractivity contribution in [1.29, 1.82) is 0 Å². The predicted molar refractivity (Wildman–Crippen MR) is 88.1 cm³/mol. The van der Waals surface area contributed by atoms with Crippen LogP contribution < -0.4 is 5.32 Å². The smallest absolute Gasteiger partial charge is 0.291 e. The summed E-state index contributed by atoms with van der Waals surface area (Å²) in [5.41, 5.74) is 2.00. The number of hydrogen-bond acceptors (Lipinski definition) is 5. The van der Waals surface area contributed by atoms with Crippen molar-refractivity contribution in [2.75, 3.05) is 5.32 Å². The number of amides is 1. The van der Waals surface area contributed by atoms with E-state index in [1.54, 1.807) is 18.3 Å². The normalized spacial score (nSPS) is 10.9. The van der Waals surface area contributed by atoms with Crippen molar-refractivity contribution < 1.29 is 9.21 Å². The fraction of sp³-hybridized carbons (Fsp3) is 0.0588. The van der Waals surface area contributed by atoms with Crippen LogP contribution in [0, 0.1) is 6.92 Å². The number of benzene rings is 1. The van der Waals surface area contributed by atoms with Crippen LogP contribution in [0.2, 0.25) is 0 Å². The molecule has 0 aliphatic rings. The third kappa shape index (κ3) is 2.32. The SMILES string of the molecule is Cc1c(C(=O)Nc2cccnc2-n2cncn2)oc2ccccc12. The van der Waals surface area contributed by atoms with Crippen LogP contribution in [-0.2, 0) is 0 Å². The Hall–Kier alpha value is -3.48. The zero-order valence-electron chi connectivity index (χ0n) is 12.8. The molecule has 0 bridgehead atoms. The third-order valence-corrected chi connectivity index (χ3v) is 3.72. The number of rotatable bonds is 3. The van der Waals surface area contributed by atoms with Gasteiger partial charge >= 0.3 is 0 Å². The molecule has 4 rings (SSSR count). The number of aryl methyl sites for hydroxylation is 1. The van der Waals surface area contributed by atoms with E-state index >= 15 is 0 Å². The summed E-state index contributed by atoms with van der Waals surface area (Å²) in [5.74, 6) is 0.430. The Kier molecular flexibility index (Phi) is 3.31. The van der Waals surface area contributed by atoms with Crippen molar-refractivity contribution in [3.05, 3.63) is 66.6 Å². The van der Waals surface area contributed by atoms with Crippen molar-refractivity contribution >= 4 is 22.6 Å². The van der Waals surface area contributed by atoms with E-state index in [4.69, 9.17) is 4.42 Å². The lowest BCUT2D eigenvalue weighted by molar-refractivity contribution is 0.0998. The number of furan rings is 1. The molecule has 3 aromatic heterocycles. The molecule has 0 fully saturated rings. The van der Waals surface area contributed by atoms with E-state index in [-0.39, 0.29) is 11.7 Å². The molecule has 1 aromatic carbocycles. The lowest BCUT2D eigenvalue weighted by Gasteiger charge is -2.08. The van der Waals surface area contributed by atoms with Gasteiger partial charge in [0.05, 0.1) is 5.69 Å². The van der Waals surface area contributed by atoms with Gasteiger partial charge in [-0.15, -0.1) is 0 Å². The maximum atomic E-state index is 12.6. The minimum Gasteiger partial charge on any atom is -0.451 e. The topological polar surface area (TPSA) is 85.8 Å². The van der Waals surface area contributed by atoms with Crippen molar-refractivity contribution in [1.82, 2.24) is 19.7 Å².